The molecule has 1 unspecified atom stereocenters. The maximum absolute atomic E-state index is 13.1. The molecule has 1 aliphatic rings. The number of halogens is 6. The molecule has 160 valence electrons. The van der Waals surface area contributed by atoms with Gasteiger partial charge in [-0.2, -0.15) is 13.2 Å². The molecule has 0 amide bonds. The second kappa shape index (κ2) is 6.85. The zero-order valence-corrected chi connectivity index (χ0v) is 16.1. The van der Waals surface area contributed by atoms with Gasteiger partial charge in [-0.3, -0.25) is 0 Å². The maximum Gasteiger partial charge on any atom is 0.573 e. The first kappa shape index (κ1) is 20.4. The molecular weight excluding hydrogens is 410 g/mol. The van der Waals surface area contributed by atoms with Gasteiger partial charge in [0.1, 0.15) is 5.75 Å². The summed E-state index contributed by atoms with van der Waals surface area (Å²) in [4.78, 5) is 1.95. The molecule has 1 fully saturated rings. The highest BCUT2D eigenvalue weighted by Crippen LogP contribution is 2.37. The molecule has 4 rings (SSSR count). The SMILES string of the molecule is Cc1cn(-c2cc(OC(F)(F)F)cc(N3CCC3C)c2)c2ccc(C(F)(F)F)cc12. The van der Waals surface area contributed by atoms with Crippen molar-refractivity contribution in [2.24, 2.45) is 0 Å². The molecule has 3 nitrogen and oxygen atoms in total. The first-order valence-electron chi connectivity index (χ1n) is 9.29. The van der Waals surface area contributed by atoms with Crippen molar-refractivity contribution in [2.45, 2.75) is 38.8 Å². The predicted molar refractivity (Wildman–Crippen MR) is 101 cm³/mol. The summed E-state index contributed by atoms with van der Waals surface area (Å²) in [6.45, 7) is 4.33. The lowest BCUT2D eigenvalue weighted by molar-refractivity contribution is -0.274. The van der Waals surface area contributed by atoms with Crippen LogP contribution in [0.5, 0.6) is 5.75 Å². The van der Waals surface area contributed by atoms with Crippen LogP contribution in [0.2, 0.25) is 0 Å². The molecule has 0 bridgehead atoms. The predicted octanol–water partition coefficient (Wildman–Crippen LogP) is 6.45. The number of ether oxygens (including phenoxy) is 1. The molecule has 0 aliphatic carbocycles. The van der Waals surface area contributed by atoms with Crippen LogP contribution in [0.15, 0.2) is 42.6 Å². The number of nitrogens with zero attached hydrogens (tertiary/aromatic N) is 2. The van der Waals surface area contributed by atoms with E-state index in [0.717, 1.165) is 18.6 Å². The lowest BCUT2D eigenvalue weighted by Crippen LogP contribution is -2.45. The lowest BCUT2D eigenvalue weighted by atomic mass is 10.0. The van der Waals surface area contributed by atoms with Gasteiger partial charge in [0.15, 0.2) is 0 Å². The van der Waals surface area contributed by atoms with E-state index in [0.29, 0.717) is 34.4 Å². The van der Waals surface area contributed by atoms with Crippen molar-refractivity contribution >= 4 is 16.6 Å². The van der Waals surface area contributed by atoms with E-state index in [2.05, 4.69) is 4.74 Å². The summed E-state index contributed by atoms with van der Waals surface area (Å²) >= 11 is 0. The molecule has 2 aromatic carbocycles. The molecule has 0 radical (unpaired) electrons. The van der Waals surface area contributed by atoms with Crippen molar-refractivity contribution in [1.29, 1.82) is 0 Å². The van der Waals surface area contributed by atoms with Crippen molar-refractivity contribution in [3.8, 4) is 11.4 Å². The van der Waals surface area contributed by atoms with E-state index in [1.54, 1.807) is 23.8 Å². The molecule has 0 N–H and O–H groups in total. The molecule has 3 aromatic rings. The Hall–Kier alpha value is -2.84. The van der Waals surface area contributed by atoms with E-state index in [9.17, 15) is 26.3 Å². The average molecular weight is 428 g/mol. The van der Waals surface area contributed by atoms with Crippen molar-refractivity contribution in [1.82, 2.24) is 4.57 Å². The molecule has 0 spiro atoms. The van der Waals surface area contributed by atoms with Crippen LogP contribution in [0.25, 0.3) is 16.6 Å². The van der Waals surface area contributed by atoms with Crippen LogP contribution in [0, 0.1) is 6.92 Å². The van der Waals surface area contributed by atoms with E-state index >= 15 is 0 Å². The number of hydrogen-bond donors (Lipinski definition) is 0. The zero-order chi connectivity index (χ0) is 21.8. The molecule has 9 heteroatoms. The minimum Gasteiger partial charge on any atom is -0.406 e. The number of anilines is 1. The highest BCUT2D eigenvalue weighted by molar-refractivity contribution is 5.86. The van der Waals surface area contributed by atoms with Gasteiger partial charge < -0.3 is 14.2 Å². The second-order valence-electron chi connectivity index (χ2n) is 7.48. The molecule has 30 heavy (non-hydrogen) atoms. The van der Waals surface area contributed by atoms with Crippen LogP contribution in [0.3, 0.4) is 0 Å². The van der Waals surface area contributed by atoms with Crippen LogP contribution in [-0.4, -0.2) is 23.5 Å². The van der Waals surface area contributed by atoms with E-state index in [1.165, 1.54) is 18.2 Å². The number of fused-ring (bicyclic) bond motifs is 1. The molecule has 0 saturated carbocycles. The highest BCUT2D eigenvalue weighted by atomic mass is 19.4. The summed E-state index contributed by atoms with van der Waals surface area (Å²) in [5.41, 5.74) is 1.21. The van der Waals surface area contributed by atoms with Crippen molar-refractivity contribution in [3.05, 3.63) is 53.7 Å². The summed E-state index contributed by atoms with van der Waals surface area (Å²) in [6, 6.07) is 7.80. The van der Waals surface area contributed by atoms with E-state index in [4.69, 9.17) is 0 Å². The number of alkyl halides is 6. The smallest absolute Gasteiger partial charge is 0.406 e. The Morgan fingerprint density at radius 2 is 1.67 bits per heavy atom. The van der Waals surface area contributed by atoms with Crippen LogP contribution in [0.1, 0.15) is 24.5 Å². The van der Waals surface area contributed by atoms with Crippen LogP contribution in [-0.2, 0) is 6.18 Å². The maximum atomic E-state index is 13.1. The standard InChI is InChI=1S/C21H18F6N2O/c1-12-11-29(19-4-3-14(7-18(12)19)20(22,23)24)16-8-15(28-6-5-13(28)2)9-17(10-16)30-21(25,26)27/h3-4,7-11,13H,5-6H2,1-2H3. The van der Waals surface area contributed by atoms with E-state index in [1.807, 2.05) is 11.8 Å². The van der Waals surface area contributed by atoms with Crippen LogP contribution < -0.4 is 9.64 Å². The van der Waals surface area contributed by atoms with Crippen LogP contribution >= 0.6 is 0 Å². The Labute approximate surface area is 168 Å². The average Bonchev–Trinajstić information content (AvgIpc) is 2.94. The number of rotatable bonds is 3. The van der Waals surface area contributed by atoms with E-state index < -0.39 is 18.1 Å². The topological polar surface area (TPSA) is 17.4 Å². The summed E-state index contributed by atoms with van der Waals surface area (Å²) in [5.74, 6) is -0.375. The first-order chi connectivity index (χ1) is 13.9. The molecular formula is C21H18F6N2O. The van der Waals surface area contributed by atoms with Gasteiger partial charge in [0.2, 0.25) is 0 Å². The molecule has 2 heterocycles. The molecule has 1 aromatic heterocycles. The number of aryl methyl sites for hydroxylation is 1. The fraction of sp³-hybridized carbons (Fsp3) is 0.333. The Balaban J connectivity index is 1.85. The van der Waals surface area contributed by atoms with Gasteiger partial charge in [-0.1, -0.05) is 0 Å². The minimum atomic E-state index is -4.85. The van der Waals surface area contributed by atoms with Crippen LogP contribution in [0.4, 0.5) is 32.0 Å². The van der Waals surface area contributed by atoms with Gasteiger partial charge in [0, 0.05) is 42.0 Å². The third-order valence-electron chi connectivity index (χ3n) is 5.37. The van der Waals surface area contributed by atoms with E-state index in [-0.39, 0.29) is 11.8 Å². The summed E-state index contributed by atoms with van der Waals surface area (Å²) in [5, 5.41) is 0.380. The quantitative estimate of drug-likeness (QED) is 0.446. The fourth-order valence-corrected chi connectivity index (χ4v) is 3.75. The number of hydrogen-bond acceptors (Lipinski definition) is 2. The Morgan fingerprint density at radius 3 is 2.23 bits per heavy atom. The molecule has 1 atom stereocenters. The highest BCUT2D eigenvalue weighted by Gasteiger charge is 2.33. The third-order valence-corrected chi connectivity index (χ3v) is 5.37. The normalized spacial score (nSPS) is 17.3. The number of benzene rings is 2. The zero-order valence-electron chi connectivity index (χ0n) is 16.1. The van der Waals surface area contributed by atoms with Crippen molar-refractivity contribution in [3.63, 3.8) is 0 Å². The van der Waals surface area contributed by atoms with Gasteiger partial charge in [0.05, 0.1) is 16.8 Å². The summed E-state index contributed by atoms with van der Waals surface area (Å²) in [7, 11) is 0. The van der Waals surface area contributed by atoms with Gasteiger partial charge in [-0.25, -0.2) is 0 Å². The lowest BCUT2D eigenvalue weighted by Gasteiger charge is -2.41. The number of aromatic nitrogens is 1. The third kappa shape index (κ3) is 3.80. The van der Waals surface area contributed by atoms with Gasteiger partial charge >= 0.3 is 12.5 Å². The summed E-state index contributed by atoms with van der Waals surface area (Å²) < 4.78 is 83.5. The van der Waals surface area contributed by atoms with Gasteiger partial charge in [-0.05, 0) is 50.1 Å². The Morgan fingerprint density at radius 1 is 0.967 bits per heavy atom. The van der Waals surface area contributed by atoms with Crippen molar-refractivity contribution < 1.29 is 31.1 Å². The second-order valence-corrected chi connectivity index (χ2v) is 7.48. The largest absolute Gasteiger partial charge is 0.573 e. The molecule has 1 aliphatic heterocycles. The summed E-state index contributed by atoms with van der Waals surface area (Å²) in [6.07, 6.45) is -6.80. The first-order valence-corrected chi connectivity index (χ1v) is 9.29. The fourth-order valence-electron chi connectivity index (χ4n) is 3.75. The van der Waals surface area contributed by atoms with Gasteiger partial charge in [-0.15, -0.1) is 13.2 Å². The van der Waals surface area contributed by atoms with Crippen molar-refractivity contribution in [2.75, 3.05) is 11.4 Å². The van der Waals surface area contributed by atoms with Gasteiger partial charge in [0.25, 0.3) is 0 Å². The Kier molecular flexibility index (Phi) is 4.67. The monoisotopic (exact) mass is 428 g/mol. The Bertz CT molecular complexity index is 1100. The molecule has 1 saturated heterocycles. The minimum absolute atomic E-state index is 0.177.